The Hall–Kier alpha value is -3.70. The molecule has 0 radical (unpaired) electrons. The van der Waals surface area contributed by atoms with Crippen molar-refractivity contribution in [3.05, 3.63) is 77.5 Å². The number of hydrogen-bond donors (Lipinski definition) is 1. The molecule has 29 heavy (non-hydrogen) atoms. The van der Waals surface area contributed by atoms with Gasteiger partial charge in [0, 0.05) is 23.7 Å². The molecule has 2 aromatic carbocycles. The average Bonchev–Trinajstić information content (AvgIpc) is 2.70. The molecule has 1 N–H and O–H groups in total. The fraction of sp³-hybridized carbons (Fsp3) is 0.0952. The smallest absolute Gasteiger partial charge is 0.255 e. The van der Waals surface area contributed by atoms with E-state index in [1.807, 2.05) is 6.07 Å². The molecule has 3 aromatic rings. The number of nitrogens with one attached hydrogen (secondary N) is 1. The summed E-state index contributed by atoms with van der Waals surface area (Å²) in [5.41, 5.74) is 1.83. The SMILES string of the molecule is Cc1cc(Oc2ncccc2C#N)ccc1NC(=O)c1cccc(S(C)(=O)=O)c1. The Morgan fingerprint density at radius 1 is 1.14 bits per heavy atom. The van der Waals surface area contributed by atoms with Crippen LogP contribution < -0.4 is 10.1 Å². The van der Waals surface area contributed by atoms with Gasteiger partial charge in [0.15, 0.2) is 9.84 Å². The lowest BCUT2D eigenvalue weighted by Crippen LogP contribution is -2.13. The van der Waals surface area contributed by atoms with Gasteiger partial charge in [0.05, 0.1) is 4.90 Å². The molecule has 7 nitrogen and oxygen atoms in total. The van der Waals surface area contributed by atoms with Crippen LogP contribution in [0.15, 0.2) is 65.7 Å². The first kappa shape index (κ1) is 20.0. The number of aryl methyl sites for hydroxylation is 1. The van der Waals surface area contributed by atoms with Crippen molar-refractivity contribution >= 4 is 21.4 Å². The fourth-order valence-electron chi connectivity index (χ4n) is 2.57. The molecule has 8 heteroatoms. The second kappa shape index (κ2) is 8.12. The Morgan fingerprint density at radius 3 is 2.62 bits per heavy atom. The Kier molecular flexibility index (Phi) is 5.61. The molecule has 1 amide bonds. The van der Waals surface area contributed by atoms with Crippen LogP contribution in [0.25, 0.3) is 0 Å². The lowest BCUT2D eigenvalue weighted by Gasteiger charge is -2.12. The monoisotopic (exact) mass is 407 g/mol. The van der Waals surface area contributed by atoms with Crippen LogP contribution >= 0.6 is 0 Å². The highest BCUT2D eigenvalue weighted by atomic mass is 32.2. The number of nitrogens with zero attached hydrogens (tertiary/aromatic N) is 2. The number of pyridine rings is 1. The molecule has 0 bridgehead atoms. The molecular formula is C21H17N3O4S. The number of aromatic nitrogens is 1. The largest absolute Gasteiger partial charge is 0.438 e. The number of ether oxygens (including phenoxy) is 1. The summed E-state index contributed by atoms with van der Waals surface area (Å²) in [7, 11) is -3.41. The lowest BCUT2D eigenvalue weighted by molar-refractivity contribution is 0.102. The number of carbonyl (C=O) groups excluding carboxylic acids is 1. The van der Waals surface area contributed by atoms with Gasteiger partial charge >= 0.3 is 0 Å². The highest BCUT2D eigenvalue weighted by Crippen LogP contribution is 2.27. The molecule has 146 valence electrons. The molecule has 0 unspecified atom stereocenters. The molecule has 0 aliphatic carbocycles. The van der Waals surface area contributed by atoms with Gasteiger partial charge in [-0.25, -0.2) is 13.4 Å². The van der Waals surface area contributed by atoms with E-state index < -0.39 is 15.7 Å². The van der Waals surface area contributed by atoms with Gasteiger partial charge < -0.3 is 10.1 Å². The normalized spacial score (nSPS) is 10.8. The quantitative estimate of drug-likeness (QED) is 0.690. The molecule has 0 saturated heterocycles. The van der Waals surface area contributed by atoms with Gasteiger partial charge in [0.1, 0.15) is 17.4 Å². The van der Waals surface area contributed by atoms with Crippen LogP contribution in [0, 0.1) is 18.3 Å². The van der Waals surface area contributed by atoms with Crippen molar-refractivity contribution in [2.24, 2.45) is 0 Å². The van der Waals surface area contributed by atoms with Crippen LogP contribution in [0.4, 0.5) is 5.69 Å². The third-order valence-electron chi connectivity index (χ3n) is 4.08. The van der Waals surface area contributed by atoms with Crippen molar-refractivity contribution in [3.63, 3.8) is 0 Å². The Morgan fingerprint density at radius 2 is 1.93 bits per heavy atom. The van der Waals surface area contributed by atoms with Gasteiger partial charge in [-0.15, -0.1) is 0 Å². The van der Waals surface area contributed by atoms with E-state index in [9.17, 15) is 13.2 Å². The third kappa shape index (κ3) is 4.78. The number of nitriles is 1. The van der Waals surface area contributed by atoms with E-state index in [-0.39, 0.29) is 16.3 Å². The minimum Gasteiger partial charge on any atom is -0.438 e. The molecule has 0 spiro atoms. The summed E-state index contributed by atoms with van der Waals surface area (Å²) in [6, 6.07) is 16.1. The predicted octanol–water partition coefficient (Wildman–Crippen LogP) is 3.71. The van der Waals surface area contributed by atoms with Crippen molar-refractivity contribution < 1.29 is 17.9 Å². The first-order valence-electron chi connectivity index (χ1n) is 8.53. The van der Waals surface area contributed by atoms with Crippen molar-refractivity contribution in [3.8, 4) is 17.7 Å². The molecule has 0 aliphatic rings. The van der Waals surface area contributed by atoms with Gasteiger partial charge in [-0.1, -0.05) is 6.07 Å². The molecular weight excluding hydrogens is 390 g/mol. The maximum absolute atomic E-state index is 12.5. The van der Waals surface area contributed by atoms with E-state index in [2.05, 4.69) is 10.3 Å². The molecule has 0 fully saturated rings. The molecule has 3 rings (SSSR count). The predicted molar refractivity (Wildman–Crippen MR) is 108 cm³/mol. The average molecular weight is 407 g/mol. The Balaban J connectivity index is 1.79. The van der Waals surface area contributed by atoms with Crippen LogP contribution in [-0.2, 0) is 9.84 Å². The maximum atomic E-state index is 12.5. The second-order valence-electron chi connectivity index (χ2n) is 6.30. The van der Waals surface area contributed by atoms with Crippen LogP contribution in [0.1, 0.15) is 21.5 Å². The number of amides is 1. The summed E-state index contributed by atoms with van der Waals surface area (Å²) >= 11 is 0. The molecule has 0 aliphatic heterocycles. The fourth-order valence-corrected chi connectivity index (χ4v) is 3.24. The number of anilines is 1. The van der Waals surface area contributed by atoms with Gasteiger partial charge in [-0.05, 0) is 61.0 Å². The van der Waals surface area contributed by atoms with E-state index in [0.717, 1.165) is 11.8 Å². The van der Waals surface area contributed by atoms with Crippen LogP contribution in [0.2, 0.25) is 0 Å². The minimum atomic E-state index is -3.41. The van der Waals surface area contributed by atoms with Crippen molar-refractivity contribution in [1.29, 1.82) is 5.26 Å². The van der Waals surface area contributed by atoms with Gasteiger partial charge in [0.2, 0.25) is 5.88 Å². The minimum absolute atomic E-state index is 0.0780. The summed E-state index contributed by atoms with van der Waals surface area (Å²) in [5.74, 6) is 0.238. The number of benzene rings is 2. The van der Waals surface area contributed by atoms with Crippen molar-refractivity contribution in [2.45, 2.75) is 11.8 Å². The number of sulfone groups is 1. The topological polar surface area (TPSA) is 109 Å². The standard InChI is InChI=1S/C21H17N3O4S/c1-14-11-17(28-21-16(13-22)6-4-10-23-21)8-9-19(14)24-20(25)15-5-3-7-18(12-15)29(2,26)27/h3-12H,1-2H3,(H,24,25). The molecule has 1 aromatic heterocycles. The Labute approximate surface area is 168 Å². The van der Waals surface area contributed by atoms with Gasteiger partial charge in [0.25, 0.3) is 5.91 Å². The summed E-state index contributed by atoms with van der Waals surface area (Å²) in [6.07, 6.45) is 2.62. The van der Waals surface area contributed by atoms with E-state index in [1.165, 1.54) is 24.4 Å². The van der Waals surface area contributed by atoms with E-state index >= 15 is 0 Å². The first-order valence-corrected chi connectivity index (χ1v) is 10.4. The highest BCUT2D eigenvalue weighted by molar-refractivity contribution is 7.90. The Bertz CT molecular complexity index is 1230. The summed E-state index contributed by atoms with van der Waals surface area (Å²) in [4.78, 5) is 16.6. The van der Waals surface area contributed by atoms with E-state index in [4.69, 9.17) is 10.00 Å². The van der Waals surface area contributed by atoms with Crippen molar-refractivity contribution in [1.82, 2.24) is 4.98 Å². The lowest BCUT2D eigenvalue weighted by atomic mass is 10.1. The highest BCUT2D eigenvalue weighted by Gasteiger charge is 2.13. The number of hydrogen-bond acceptors (Lipinski definition) is 6. The number of carbonyl (C=O) groups is 1. The molecule has 1 heterocycles. The third-order valence-corrected chi connectivity index (χ3v) is 5.19. The summed E-state index contributed by atoms with van der Waals surface area (Å²) in [6.45, 7) is 1.79. The van der Waals surface area contributed by atoms with Crippen molar-refractivity contribution in [2.75, 3.05) is 11.6 Å². The van der Waals surface area contributed by atoms with Crippen LogP contribution in [0.3, 0.4) is 0 Å². The summed E-state index contributed by atoms with van der Waals surface area (Å²) < 4.78 is 29.0. The van der Waals surface area contributed by atoms with E-state index in [0.29, 0.717) is 17.0 Å². The number of rotatable bonds is 5. The summed E-state index contributed by atoms with van der Waals surface area (Å²) in [5, 5.41) is 11.9. The van der Waals surface area contributed by atoms with Gasteiger partial charge in [-0.2, -0.15) is 5.26 Å². The van der Waals surface area contributed by atoms with Crippen LogP contribution in [-0.4, -0.2) is 25.6 Å². The zero-order chi connectivity index (χ0) is 21.0. The van der Waals surface area contributed by atoms with Gasteiger partial charge in [-0.3, -0.25) is 4.79 Å². The molecule has 0 saturated carbocycles. The van der Waals surface area contributed by atoms with E-state index in [1.54, 1.807) is 43.3 Å². The zero-order valence-corrected chi connectivity index (χ0v) is 16.5. The second-order valence-corrected chi connectivity index (χ2v) is 8.32. The maximum Gasteiger partial charge on any atom is 0.255 e. The van der Waals surface area contributed by atoms with Crippen LogP contribution in [0.5, 0.6) is 11.6 Å². The molecule has 0 atom stereocenters. The first-order chi connectivity index (χ1) is 13.8. The zero-order valence-electron chi connectivity index (χ0n) is 15.7.